The van der Waals surface area contributed by atoms with E-state index >= 15 is 0 Å². The molecule has 1 unspecified atom stereocenters. The molecule has 1 atom stereocenters. The maximum Gasteiger partial charge on any atom is 0.117 e. The highest BCUT2D eigenvalue weighted by atomic mass is 16.6. The lowest BCUT2D eigenvalue weighted by atomic mass is 9.86. The van der Waals surface area contributed by atoms with Crippen LogP contribution < -0.4 is 0 Å². The summed E-state index contributed by atoms with van der Waals surface area (Å²) in [6.45, 7) is 4.86. The first kappa shape index (κ1) is 14.7. The largest absolute Gasteiger partial charge is 0.468 e. The van der Waals surface area contributed by atoms with E-state index in [2.05, 4.69) is 11.0 Å². The molecule has 1 aromatic rings. The number of likely N-dealkylation sites (tertiary alicyclic amines) is 1. The topological polar surface area (TPSA) is 34.8 Å². The number of hydrogen-bond donors (Lipinski definition) is 0. The molecule has 3 aliphatic rings. The molecule has 0 aromatic carbocycles. The zero-order valence-electron chi connectivity index (χ0n) is 13.3. The molecule has 0 radical (unpaired) electrons. The Morgan fingerprint density at radius 3 is 2.82 bits per heavy atom. The van der Waals surface area contributed by atoms with E-state index in [0.717, 1.165) is 63.8 Å². The molecular formula is C18H27NO3. The third kappa shape index (κ3) is 3.24. The molecule has 4 nitrogen and oxygen atoms in total. The summed E-state index contributed by atoms with van der Waals surface area (Å²) in [5, 5.41) is 0. The third-order valence-corrected chi connectivity index (χ3v) is 5.69. The van der Waals surface area contributed by atoms with Crippen molar-refractivity contribution in [1.29, 1.82) is 0 Å². The minimum atomic E-state index is 0.0872. The number of piperidine rings is 1. The van der Waals surface area contributed by atoms with E-state index in [1.165, 1.54) is 19.3 Å². The van der Waals surface area contributed by atoms with Crippen LogP contribution in [0.5, 0.6) is 0 Å². The van der Waals surface area contributed by atoms with Gasteiger partial charge >= 0.3 is 0 Å². The Labute approximate surface area is 132 Å². The molecular weight excluding hydrogens is 278 g/mol. The van der Waals surface area contributed by atoms with Crippen LogP contribution in [0.15, 0.2) is 22.8 Å². The second-order valence-corrected chi connectivity index (χ2v) is 7.31. The van der Waals surface area contributed by atoms with Gasteiger partial charge in [-0.05, 0) is 43.7 Å². The number of hydrogen-bond acceptors (Lipinski definition) is 4. The predicted molar refractivity (Wildman–Crippen MR) is 83.6 cm³/mol. The standard InChI is InChI=1S/C18H27NO3/c1-3-15(4-1)13-21-17-11-18(22-14-17)6-8-19(9-7-18)12-16-5-2-10-20-16/h2,5,10,15,17H,1,3-4,6-9,11-14H2. The minimum absolute atomic E-state index is 0.0872. The van der Waals surface area contributed by atoms with Crippen molar-refractivity contribution in [3.63, 3.8) is 0 Å². The normalized spacial score (nSPS) is 29.0. The molecule has 1 spiro atoms. The summed E-state index contributed by atoms with van der Waals surface area (Å²) in [5.74, 6) is 1.89. The lowest BCUT2D eigenvalue weighted by molar-refractivity contribution is -0.0482. The Morgan fingerprint density at radius 2 is 2.14 bits per heavy atom. The first-order valence-electron chi connectivity index (χ1n) is 8.82. The summed E-state index contributed by atoms with van der Waals surface area (Å²) in [6.07, 6.45) is 9.54. The Balaban J connectivity index is 1.22. The molecule has 3 fully saturated rings. The van der Waals surface area contributed by atoms with E-state index < -0.39 is 0 Å². The molecule has 22 heavy (non-hydrogen) atoms. The molecule has 1 aromatic heterocycles. The van der Waals surface area contributed by atoms with E-state index in [4.69, 9.17) is 13.9 Å². The summed E-state index contributed by atoms with van der Waals surface area (Å²) in [4.78, 5) is 2.47. The van der Waals surface area contributed by atoms with E-state index in [1.54, 1.807) is 6.26 Å². The van der Waals surface area contributed by atoms with Crippen molar-refractivity contribution in [2.45, 2.75) is 56.8 Å². The molecule has 4 heteroatoms. The SMILES string of the molecule is c1coc(CN2CCC3(CC2)CC(OCC2CCC2)CO3)c1. The van der Waals surface area contributed by atoms with Crippen molar-refractivity contribution in [2.24, 2.45) is 5.92 Å². The quantitative estimate of drug-likeness (QED) is 0.836. The smallest absolute Gasteiger partial charge is 0.117 e. The van der Waals surface area contributed by atoms with Crippen molar-refractivity contribution in [3.05, 3.63) is 24.2 Å². The molecule has 0 amide bonds. The van der Waals surface area contributed by atoms with Crippen LogP contribution in [0.3, 0.4) is 0 Å². The van der Waals surface area contributed by atoms with E-state index in [-0.39, 0.29) is 5.60 Å². The van der Waals surface area contributed by atoms with Crippen LogP contribution in [0, 0.1) is 5.92 Å². The number of ether oxygens (including phenoxy) is 2. The Morgan fingerprint density at radius 1 is 1.27 bits per heavy atom. The van der Waals surface area contributed by atoms with Crippen molar-refractivity contribution >= 4 is 0 Å². The number of furan rings is 1. The average Bonchev–Trinajstić information content (AvgIpc) is 3.11. The monoisotopic (exact) mass is 305 g/mol. The van der Waals surface area contributed by atoms with Crippen LogP contribution in [0.25, 0.3) is 0 Å². The highest BCUT2D eigenvalue weighted by Crippen LogP contribution is 2.38. The third-order valence-electron chi connectivity index (χ3n) is 5.69. The molecule has 1 aliphatic carbocycles. The molecule has 2 aliphatic heterocycles. The maximum atomic E-state index is 6.19. The van der Waals surface area contributed by atoms with Gasteiger partial charge in [0.25, 0.3) is 0 Å². The summed E-state index contributed by atoms with van der Waals surface area (Å²) < 4.78 is 17.7. The van der Waals surface area contributed by atoms with Crippen LogP contribution in [-0.4, -0.2) is 42.9 Å². The number of nitrogens with zero attached hydrogens (tertiary/aromatic N) is 1. The molecule has 0 bridgehead atoms. The van der Waals surface area contributed by atoms with Gasteiger partial charge in [-0.1, -0.05) is 6.42 Å². The average molecular weight is 305 g/mol. The van der Waals surface area contributed by atoms with Crippen LogP contribution in [-0.2, 0) is 16.0 Å². The predicted octanol–water partition coefficient (Wildman–Crippen LogP) is 3.22. The van der Waals surface area contributed by atoms with Crippen molar-refractivity contribution < 1.29 is 13.9 Å². The fourth-order valence-corrected chi connectivity index (χ4v) is 3.93. The van der Waals surface area contributed by atoms with Gasteiger partial charge in [0.05, 0.1) is 31.1 Å². The van der Waals surface area contributed by atoms with Gasteiger partial charge in [-0.3, -0.25) is 4.90 Å². The Hall–Kier alpha value is -0.840. The molecule has 1 saturated carbocycles. The van der Waals surface area contributed by atoms with Gasteiger partial charge in [-0.15, -0.1) is 0 Å². The first-order chi connectivity index (χ1) is 10.8. The summed E-state index contributed by atoms with van der Waals surface area (Å²) in [7, 11) is 0. The van der Waals surface area contributed by atoms with Crippen LogP contribution in [0.4, 0.5) is 0 Å². The molecule has 122 valence electrons. The highest BCUT2D eigenvalue weighted by molar-refractivity contribution is 5.00. The van der Waals surface area contributed by atoms with Gasteiger partial charge in [0, 0.05) is 26.1 Å². The highest BCUT2D eigenvalue weighted by Gasteiger charge is 2.43. The number of rotatable bonds is 5. The lowest BCUT2D eigenvalue weighted by Crippen LogP contribution is -2.43. The molecule has 3 heterocycles. The Bertz CT molecular complexity index is 461. The second-order valence-electron chi connectivity index (χ2n) is 7.31. The van der Waals surface area contributed by atoms with Crippen LogP contribution in [0.1, 0.15) is 44.3 Å². The summed E-state index contributed by atoms with van der Waals surface area (Å²) in [6, 6.07) is 4.02. The van der Waals surface area contributed by atoms with Gasteiger partial charge in [-0.25, -0.2) is 0 Å². The van der Waals surface area contributed by atoms with Gasteiger partial charge in [0.1, 0.15) is 5.76 Å². The van der Waals surface area contributed by atoms with E-state index in [9.17, 15) is 0 Å². The van der Waals surface area contributed by atoms with E-state index in [0.29, 0.717) is 6.10 Å². The summed E-state index contributed by atoms with van der Waals surface area (Å²) in [5.41, 5.74) is 0.0872. The van der Waals surface area contributed by atoms with Crippen molar-refractivity contribution in [3.8, 4) is 0 Å². The van der Waals surface area contributed by atoms with E-state index in [1.807, 2.05) is 6.07 Å². The molecule has 2 saturated heterocycles. The molecule has 0 N–H and O–H groups in total. The van der Waals surface area contributed by atoms with Crippen molar-refractivity contribution in [1.82, 2.24) is 4.90 Å². The van der Waals surface area contributed by atoms with Gasteiger partial charge in [0.15, 0.2) is 0 Å². The molecule has 4 rings (SSSR count). The van der Waals surface area contributed by atoms with Crippen molar-refractivity contribution in [2.75, 3.05) is 26.3 Å². The van der Waals surface area contributed by atoms with Crippen LogP contribution in [0.2, 0.25) is 0 Å². The van der Waals surface area contributed by atoms with Gasteiger partial charge in [-0.2, -0.15) is 0 Å². The van der Waals surface area contributed by atoms with Crippen LogP contribution >= 0.6 is 0 Å². The zero-order chi connectivity index (χ0) is 14.8. The second kappa shape index (κ2) is 6.34. The van der Waals surface area contributed by atoms with Gasteiger partial charge in [0.2, 0.25) is 0 Å². The minimum Gasteiger partial charge on any atom is -0.468 e. The summed E-state index contributed by atoms with van der Waals surface area (Å²) >= 11 is 0. The Kier molecular flexibility index (Phi) is 4.25. The zero-order valence-corrected chi connectivity index (χ0v) is 13.3. The first-order valence-corrected chi connectivity index (χ1v) is 8.82. The van der Waals surface area contributed by atoms with Gasteiger partial charge < -0.3 is 13.9 Å². The fraction of sp³-hybridized carbons (Fsp3) is 0.778. The lowest BCUT2D eigenvalue weighted by Gasteiger charge is -2.38. The maximum absolute atomic E-state index is 6.19. The fourth-order valence-electron chi connectivity index (χ4n) is 3.93.